The molecule has 0 spiro atoms. The first-order valence-corrected chi connectivity index (χ1v) is 7.89. The molecule has 0 saturated carbocycles. The van der Waals surface area contributed by atoms with Crippen molar-refractivity contribution in [1.29, 1.82) is 0 Å². The number of rotatable bonds is 3. The summed E-state index contributed by atoms with van der Waals surface area (Å²) < 4.78 is 0. The molecule has 1 amide bonds. The summed E-state index contributed by atoms with van der Waals surface area (Å²) in [5.41, 5.74) is 2.62. The van der Waals surface area contributed by atoms with Crippen molar-refractivity contribution in [2.24, 2.45) is 0 Å². The Balaban J connectivity index is 1.65. The van der Waals surface area contributed by atoms with Crippen LogP contribution in [0.5, 0.6) is 0 Å². The molecular weight excluding hydrogens is 288 g/mol. The number of pyridine rings is 1. The number of benzene rings is 1. The Morgan fingerprint density at radius 1 is 1.09 bits per heavy atom. The summed E-state index contributed by atoms with van der Waals surface area (Å²) in [5, 5.41) is 9.52. The molecule has 1 aliphatic rings. The van der Waals surface area contributed by atoms with Gasteiger partial charge >= 0.3 is 0 Å². The monoisotopic (exact) mass is 308 g/mol. The molecule has 23 heavy (non-hydrogen) atoms. The number of amides is 1. The molecule has 4 heteroatoms. The lowest BCUT2D eigenvalue weighted by molar-refractivity contribution is 0.0546. The van der Waals surface area contributed by atoms with Gasteiger partial charge in [0.05, 0.1) is 11.8 Å². The molecule has 1 saturated heterocycles. The second kappa shape index (κ2) is 7.20. The minimum Gasteiger partial charge on any atom is -0.393 e. The molecule has 2 aromatic rings. The molecule has 0 radical (unpaired) electrons. The molecule has 1 aromatic carbocycles. The van der Waals surface area contributed by atoms with Crippen molar-refractivity contribution >= 4 is 18.1 Å². The number of carbonyl (C=O) groups excluding carboxylic acids is 1. The summed E-state index contributed by atoms with van der Waals surface area (Å²) in [6.45, 7) is 1.25. The maximum Gasteiger partial charge on any atom is 0.253 e. The second-order valence-corrected chi connectivity index (χ2v) is 5.73. The van der Waals surface area contributed by atoms with Gasteiger partial charge < -0.3 is 10.0 Å². The fourth-order valence-electron chi connectivity index (χ4n) is 2.64. The van der Waals surface area contributed by atoms with Crippen LogP contribution in [0.2, 0.25) is 0 Å². The highest BCUT2D eigenvalue weighted by Gasteiger charge is 2.21. The lowest BCUT2D eigenvalue weighted by atomic mass is 10.1. The van der Waals surface area contributed by atoms with Crippen molar-refractivity contribution in [2.45, 2.75) is 18.9 Å². The number of hydrogen-bond acceptors (Lipinski definition) is 3. The number of hydrogen-bond donors (Lipinski definition) is 1. The van der Waals surface area contributed by atoms with Crippen molar-refractivity contribution in [3.05, 3.63) is 65.5 Å². The van der Waals surface area contributed by atoms with Crippen molar-refractivity contribution in [3.8, 4) is 0 Å². The van der Waals surface area contributed by atoms with E-state index in [1.807, 2.05) is 59.5 Å². The fraction of sp³-hybridized carbons (Fsp3) is 0.263. The Bertz CT molecular complexity index is 672. The van der Waals surface area contributed by atoms with Gasteiger partial charge in [-0.05, 0) is 48.7 Å². The molecule has 1 fully saturated rings. The van der Waals surface area contributed by atoms with Gasteiger partial charge in [-0.2, -0.15) is 0 Å². The predicted molar refractivity (Wildman–Crippen MR) is 90.8 cm³/mol. The second-order valence-electron chi connectivity index (χ2n) is 5.73. The first kappa shape index (κ1) is 15.4. The van der Waals surface area contributed by atoms with Gasteiger partial charge in [-0.1, -0.05) is 24.3 Å². The van der Waals surface area contributed by atoms with E-state index in [0.29, 0.717) is 31.5 Å². The number of carbonyl (C=O) groups is 1. The SMILES string of the molecule is O=C(c1ccc(/C=C/c2ccccn2)cc1)N1CCC(O)CC1. The Morgan fingerprint density at radius 2 is 1.83 bits per heavy atom. The smallest absolute Gasteiger partial charge is 0.253 e. The summed E-state index contributed by atoms with van der Waals surface area (Å²) in [6, 6.07) is 13.4. The first-order chi connectivity index (χ1) is 11.2. The predicted octanol–water partition coefficient (Wildman–Crippen LogP) is 2.85. The third-order valence-corrected chi connectivity index (χ3v) is 4.04. The van der Waals surface area contributed by atoms with Crippen LogP contribution >= 0.6 is 0 Å². The van der Waals surface area contributed by atoms with Crippen LogP contribution in [0.15, 0.2) is 48.7 Å². The van der Waals surface area contributed by atoms with Crippen LogP contribution in [-0.4, -0.2) is 40.1 Å². The van der Waals surface area contributed by atoms with Gasteiger partial charge in [0, 0.05) is 24.8 Å². The van der Waals surface area contributed by atoms with E-state index in [1.54, 1.807) is 6.20 Å². The average molecular weight is 308 g/mol. The van der Waals surface area contributed by atoms with E-state index in [2.05, 4.69) is 4.98 Å². The van der Waals surface area contributed by atoms with Crippen LogP contribution in [-0.2, 0) is 0 Å². The molecule has 1 N–H and O–H groups in total. The molecule has 0 atom stereocenters. The Labute approximate surface area is 136 Å². The van der Waals surface area contributed by atoms with Crippen LogP contribution in [0.3, 0.4) is 0 Å². The average Bonchev–Trinajstić information content (AvgIpc) is 2.61. The van der Waals surface area contributed by atoms with E-state index in [9.17, 15) is 9.90 Å². The maximum atomic E-state index is 12.4. The van der Waals surface area contributed by atoms with Gasteiger partial charge in [-0.15, -0.1) is 0 Å². The van der Waals surface area contributed by atoms with Gasteiger partial charge in [-0.25, -0.2) is 0 Å². The molecule has 0 unspecified atom stereocenters. The third kappa shape index (κ3) is 4.05. The van der Waals surface area contributed by atoms with Crippen LogP contribution < -0.4 is 0 Å². The van der Waals surface area contributed by atoms with E-state index >= 15 is 0 Å². The van der Waals surface area contributed by atoms with Gasteiger partial charge in [0.15, 0.2) is 0 Å². The molecular formula is C19H20N2O2. The van der Waals surface area contributed by atoms with E-state index in [4.69, 9.17) is 0 Å². The molecule has 3 rings (SSSR count). The molecule has 1 aliphatic heterocycles. The molecule has 118 valence electrons. The van der Waals surface area contributed by atoms with Crippen molar-refractivity contribution < 1.29 is 9.90 Å². The number of nitrogens with zero attached hydrogens (tertiary/aromatic N) is 2. The molecule has 0 aliphatic carbocycles. The van der Waals surface area contributed by atoms with Crippen LogP contribution in [0.25, 0.3) is 12.2 Å². The lowest BCUT2D eigenvalue weighted by Crippen LogP contribution is -2.40. The molecule has 2 heterocycles. The lowest BCUT2D eigenvalue weighted by Gasteiger charge is -2.29. The largest absolute Gasteiger partial charge is 0.393 e. The standard InChI is InChI=1S/C19H20N2O2/c22-18-10-13-21(14-11-18)19(23)16-7-4-15(5-8-16)6-9-17-3-1-2-12-20-17/h1-9,12,18,22H,10-11,13-14H2/b9-6+. The van der Waals surface area contributed by atoms with Crippen LogP contribution in [0.1, 0.15) is 34.5 Å². The summed E-state index contributed by atoms with van der Waals surface area (Å²) in [4.78, 5) is 18.5. The highest BCUT2D eigenvalue weighted by molar-refractivity contribution is 5.94. The normalized spacial score (nSPS) is 16.0. The number of aromatic nitrogens is 1. The Morgan fingerprint density at radius 3 is 2.48 bits per heavy atom. The number of aliphatic hydroxyl groups excluding tert-OH is 1. The molecule has 0 bridgehead atoms. The van der Waals surface area contributed by atoms with E-state index in [1.165, 1.54) is 0 Å². The molecule has 4 nitrogen and oxygen atoms in total. The minimum absolute atomic E-state index is 0.0390. The zero-order chi connectivity index (χ0) is 16.1. The third-order valence-electron chi connectivity index (χ3n) is 4.04. The fourth-order valence-corrected chi connectivity index (χ4v) is 2.64. The maximum absolute atomic E-state index is 12.4. The zero-order valence-electron chi connectivity index (χ0n) is 12.9. The Hall–Kier alpha value is -2.46. The number of piperidine rings is 1. The summed E-state index contributed by atoms with van der Waals surface area (Å²) in [5.74, 6) is 0.0390. The van der Waals surface area contributed by atoms with E-state index in [-0.39, 0.29) is 12.0 Å². The highest BCUT2D eigenvalue weighted by atomic mass is 16.3. The molecule has 1 aromatic heterocycles. The quantitative estimate of drug-likeness (QED) is 0.948. The van der Waals surface area contributed by atoms with E-state index < -0.39 is 0 Å². The zero-order valence-corrected chi connectivity index (χ0v) is 12.9. The van der Waals surface area contributed by atoms with Gasteiger partial charge in [0.2, 0.25) is 0 Å². The number of likely N-dealkylation sites (tertiary alicyclic amines) is 1. The van der Waals surface area contributed by atoms with Crippen molar-refractivity contribution in [1.82, 2.24) is 9.88 Å². The topological polar surface area (TPSA) is 53.4 Å². The summed E-state index contributed by atoms with van der Waals surface area (Å²) in [7, 11) is 0. The van der Waals surface area contributed by atoms with Crippen LogP contribution in [0.4, 0.5) is 0 Å². The van der Waals surface area contributed by atoms with Crippen molar-refractivity contribution in [3.63, 3.8) is 0 Å². The van der Waals surface area contributed by atoms with Gasteiger partial charge in [0.1, 0.15) is 0 Å². The van der Waals surface area contributed by atoms with Gasteiger partial charge in [-0.3, -0.25) is 9.78 Å². The number of aliphatic hydroxyl groups is 1. The van der Waals surface area contributed by atoms with E-state index in [0.717, 1.165) is 11.3 Å². The van der Waals surface area contributed by atoms with Gasteiger partial charge in [0.25, 0.3) is 5.91 Å². The first-order valence-electron chi connectivity index (χ1n) is 7.89. The van der Waals surface area contributed by atoms with Crippen LogP contribution in [0, 0.1) is 0 Å². The summed E-state index contributed by atoms with van der Waals surface area (Å²) in [6.07, 6.45) is 6.75. The van der Waals surface area contributed by atoms with Crippen molar-refractivity contribution in [2.75, 3.05) is 13.1 Å². The summed E-state index contributed by atoms with van der Waals surface area (Å²) >= 11 is 0. The minimum atomic E-state index is -0.266. The Kier molecular flexibility index (Phi) is 4.83. The highest BCUT2D eigenvalue weighted by Crippen LogP contribution is 2.15.